The zero-order valence-electron chi connectivity index (χ0n) is 15.2. The third kappa shape index (κ3) is 5.11. The number of alkyl carbamates (subject to hydrolysis) is 1. The number of likely N-dealkylation sites (tertiary alicyclic amines) is 1. The SMILES string of the molecule is CC(C)(C)OC(=O)N1CC[C@@](NC(=O)OCc2ccccc2)(C(=O)O)C1. The standard InChI is InChI=1S/C18H24N2O6/c1-17(2,3)26-16(24)20-10-9-18(12-20,14(21)22)19-15(23)25-11-13-7-5-4-6-8-13/h4-8H,9-12H2,1-3H3,(H,19,23)(H,21,22)/t18-/m0/s1. The molecular formula is C18H24N2O6. The van der Waals surface area contributed by atoms with Crippen LogP contribution in [0.3, 0.4) is 0 Å². The van der Waals surface area contributed by atoms with Crippen LogP contribution in [0.2, 0.25) is 0 Å². The molecule has 0 saturated carbocycles. The van der Waals surface area contributed by atoms with Crippen molar-refractivity contribution < 1.29 is 29.0 Å². The molecule has 1 atom stereocenters. The summed E-state index contributed by atoms with van der Waals surface area (Å²) in [5, 5.41) is 12.0. The number of carboxylic acids is 1. The molecule has 26 heavy (non-hydrogen) atoms. The molecule has 1 heterocycles. The second kappa shape index (κ2) is 7.63. The molecule has 2 N–H and O–H groups in total. The van der Waals surface area contributed by atoms with Gasteiger partial charge >= 0.3 is 18.2 Å². The molecule has 142 valence electrons. The average molecular weight is 364 g/mol. The highest BCUT2D eigenvalue weighted by Gasteiger charge is 2.48. The van der Waals surface area contributed by atoms with Gasteiger partial charge < -0.3 is 24.8 Å². The molecule has 1 aliphatic rings. The van der Waals surface area contributed by atoms with Crippen molar-refractivity contribution in [3.8, 4) is 0 Å². The zero-order chi connectivity index (χ0) is 19.4. The Bertz CT molecular complexity index is 670. The molecule has 1 fully saturated rings. The van der Waals surface area contributed by atoms with Crippen LogP contribution in [0.5, 0.6) is 0 Å². The first-order chi connectivity index (χ1) is 12.1. The number of carbonyl (C=O) groups is 3. The lowest BCUT2D eigenvalue weighted by Crippen LogP contribution is -2.56. The van der Waals surface area contributed by atoms with Crippen molar-refractivity contribution in [3.63, 3.8) is 0 Å². The fourth-order valence-electron chi connectivity index (χ4n) is 2.58. The van der Waals surface area contributed by atoms with E-state index in [0.29, 0.717) is 0 Å². The van der Waals surface area contributed by atoms with Crippen LogP contribution in [0.15, 0.2) is 30.3 Å². The number of hydrogen-bond donors (Lipinski definition) is 2. The molecule has 1 aromatic rings. The third-order valence-corrected chi connectivity index (χ3v) is 3.88. The Morgan fingerprint density at radius 3 is 2.46 bits per heavy atom. The van der Waals surface area contributed by atoms with Crippen LogP contribution in [0, 0.1) is 0 Å². The first kappa shape index (κ1) is 19.6. The lowest BCUT2D eigenvalue weighted by atomic mass is 9.99. The van der Waals surface area contributed by atoms with Crippen molar-refractivity contribution in [1.82, 2.24) is 10.2 Å². The summed E-state index contributed by atoms with van der Waals surface area (Å²) in [5.41, 5.74) is -1.49. The number of aliphatic carboxylic acids is 1. The van der Waals surface area contributed by atoms with E-state index >= 15 is 0 Å². The van der Waals surface area contributed by atoms with Crippen LogP contribution in [0.1, 0.15) is 32.8 Å². The maximum absolute atomic E-state index is 12.1. The van der Waals surface area contributed by atoms with Gasteiger partial charge in [0.2, 0.25) is 0 Å². The average Bonchev–Trinajstić information content (AvgIpc) is 2.98. The highest BCUT2D eigenvalue weighted by atomic mass is 16.6. The predicted molar refractivity (Wildman–Crippen MR) is 92.6 cm³/mol. The molecule has 8 nitrogen and oxygen atoms in total. The molecule has 1 aliphatic heterocycles. The molecule has 2 rings (SSSR count). The minimum absolute atomic E-state index is 0.0259. The second-order valence-corrected chi connectivity index (χ2v) is 7.23. The van der Waals surface area contributed by atoms with E-state index in [0.717, 1.165) is 5.56 Å². The van der Waals surface area contributed by atoms with Crippen molar-refractivity contribution in [2.24, 2.45) is 0 Å². The minimum atomic E-state index is -1.59. The van der Waals surface area contributed by atoms with Gasteiger partial charge in [-0.25, -0.2) is 14.4 Å². The van der Waals surface area contributed by atoms with Gasteiger partial charge in [-0.05, 0) is 26.3 Å². The lowest BCUT2D eigenvalue weighted by Gasteiger charge is -2.27. The van der Waals surface area contributed by atoms with E-state index < -0.39 is 29.3 Å². The Hall–Kier alpha value is -2.77. The number of carboxylic acid groups (broad SMARTS) is 1. The molecule has 0 spiro atoms. The summed E-state index contributed by atoms with van der Waals surface area (Å²) in [5.74, 6) is -1.22. The Morgan fingerprint density at radius 2 is 1.88 bits per heavy atom. The predicted octanol–water partition coefficient (Wildman–Crippen LogP) is 2.38. The van der Waals surface area contributed by atoms with Crippen LogP contribution in [-0.4, -0.2) is 52.4 Å². The number of amides is 2. The second-order valence-electron chi connectivity index (χ2n) is 7.23. The number of benzene rings is 1. The van der Waals surface area contributed by atoms with E-state index in [1.54, 1.807) is 32.9 Å². The number of ether oxygens (including phenoxy) is 2. The summed E-state index contributed by atoms with van der Waals surface area (Å²) in [4.78, 5) is 37.2. The quantitative estimate of drug-likeness (QED) is 0.850. The van der Waals surface area contributed by atoms with Gasteiger partial charge in [0.25, 0.3) is 0 Å². The Balaban J connectivity index is 1.96. The molecule has 2 amide bonds. The third-order valence-electron chi connectivity index (χ3n) is 3.88. The van der Waals surface area contributed by atoms with Crippen LogP contribution >= 0.6 is 0 Å². The van der Waals surface area contributed by atoms with E-state index in [-0.39, 0.29) is 26.1 Å². The summed E-state index contributed by atoms with van der Waals surface area (Å²) in [6, 6.07) is 9.04. The van der Waals surface area contributed by atoms with Crippen LogP contribution in [0.4, 0.5) is 9.59 Å². The number of nitrogens with one attached hydrogen (secondary N) is 1. The summed E-state index contributed by atoms with van der Waals surface area (Å²) < 4.78 is 10.3. The molecule has 8 heteroatoms. The van der Waals surface area contributed by atoms with Gasteiger partial charge in [-0.2, -0.15) is 0 Å². The van der Waals surface area contributed by atoms with Crippen LogP contribution < -0.4 is 5.32 Å². The first-order valence-corrected chi connectivity index (χ1v) is 8.31. The first-order valence-electron chi connectivity index (χ1n) is 8.31. The van der Waals surface area contributed by atoms with Crippen molar-refractivity contribution in [1.29, 1.82) is 0 Å². The Morgan fingerprint density at radius 1 is 1.23 bits per heavy atom. The smallest absolute Gasteiger partial charge is 0.410 e. The fourth-order valence-corrected chi connectivity index (χ4v) is 2.58. The van der Waals surface area contributed by atoms with Crippen molar-refractivity contribution in [2.75, 3.05) is 13.1 Å². The van der Waals surface area contributed by atoms with Crippen molar-refractivity contribution in [2.45, 2.75) is 44.9 Å². The Kier molecular flexibility index (Phi) is 5.74. The molecule has 0 aliphatic carbocycles. The van der Waals surface area contributed by atoms with Gasteiger partial charge in [-0.1, -0.05) is 30.3 Å². The van der Waals surface area contributed by atoms with Gasteiger partial charge in [0, 0.05) is 13.0 Å². The largest absolute Gasteiger partial charge is 0.479 e. The summed E-state index contributed by atoms with van der Waals surface area (Å²) in [6.07, 6.45) is -1.38. The molecule has 1 aromatic carbocycles. The minimum Gasteiger partial charge on any atom is -0.479 e. The molecule has 0 bridgehead atoms. The zero-order valence-corrected chi connectivity index (χ0v) is 15.2. The highest BCUT2D eigenvalue weighted by Crippen LogP contribution is 2.24. The number of nitrogens with zero attached hydrogens (tertiary/aromatic N) is 1. The molecular weight excluding hydrogens is 340 g/mol. The maximum Gasteiger partial charge on any atom is 0.410 e. The van der Waals surface area contributed by atoms with Gasteiger partial charge in [0.05, 0.1) is 6.54 Å². The lowest BCUT2D eigenvalue weighted by molar-refractivity contribution is -0.144. The number of rotatable bonds is 4. The Labute approximate surface area is 152 Å². The molecule has 0 aromatic heterocycles. The van der Waals surface area contributed by atoms with Gasteiger partial charge in [-0.15, -0.1) is 0 Å². The normalized spacial score (nSPS) is 19.7. The van der Waals surface area contributed by atoms with Gasteiger partial charge in [-0.3, -0.25) is 0 Å². The van der Waals surface area contributed by atoms with Crippen molar-refractivity contribution >= 4 is 18.2 Å². The van der Waals surface area contributed by atoms with Crippen molar-refractivity contribution in [3.05, 3.63) is 35.9 Å². The monoisotopic (exact) mass is 364 g/mol. The molecule has 0 unspecified atom stereocenters. The van der Waals surface area contributed by atoms with E-state index in [1.165, 1.54) is 4.90 Å². The van der Waals surface area contributed by atoms with E-state index in [1.807, 2.05) is 18.2 Å². The van der Waals surface area contributed by atoms with E-state index in [4.69, 9.17) is 9.47 Å². The number of carbonyl (C=O) groups excluding carboxylic acids is 2. The fraction of sp³-hybridized carbons (Fsp3) is 0.500. The molecule has 1 saturated heterocycles. The summed E-state index contributed by atoms with van der Waals surface area (Å²) in [6.45, 7) is 5.19. The maximum atomic E-state index is 12.1. The van der Waals surface area contributed by atoms with Crippen LogP contribution in [-0.2, 0) is 20.9 Å². The van der Waals surface area contributed by atoms with Gasteiger partial charge in [0.1, 0.15) is 12.2 Å². The van der Waals surface area contributed by atoms with E-state index in [9.17, 15) is 19.5 Å². The van der Waals surface area contributed by atoms with E-state index in [2.05, 4.69) is 5.32 Å². The topological polar surface area (TPSA) is 105 Å². The summed E-state index contributed by atoms with van der Waals surface area (Å²) in [7, 11) is 0. The highest BCUT2D eigenvalue weighted by molar-refractivity contribution is 5.86. The number of hydrogen-bond acceptors (Lipinski definition) is 5. The summed E-state index contributed by atoms with van der Waals surface area (Å²) >= 11 is 0. The van der Waals surface area contributed by atoms with Crippen LogP contribution in [0.25, 0.3) is 0 Å². The molecule has 0 radical (unpaired) electrons. The van der Waals surface area contributed by atoms with Gasteiger partial charge in [0.15, 0.2) is 5.54 Å².